The lowest BCUT2D eigenvalue weighted by atomic mass is 10.1. The maximum absolute atomic E-state index is 10.4. The van der Waals surface area contributed by atoms with E-state index in [1.54, 1.807) is 12.1 Å². The van der Waals surface area contributed by atoms with Crippen molar-refractivity contribution in [3.63, 3.8) is 0 Å². The molecule has 0 aliphatic rings. The highest BCUT2D eigenvalue weighted by molar-refractivity contribution is 6.30. The lowest BCUT2D eigenvalue weighted by Crippen LogP contribution is -2.32. The van der Waals surface area contributed by atoms with Crippen LogP contribution in [0.1, 0.15) is 5.69 Å². The Morgan fingerprint density at radius 2 is 2.46 bits per heavy atom. The number of halogens is 1. The zero-order chi connectivity index (χ0) is 9.84. The van der Waals surface area contributed by atoms with Crippen molar-refractivity contribution in [1.82, 2.24) is 4.98 Å². The van der Waals surface area contributed by atoms with Gasteiger partial charge in [-0.05, 0) is 12.1 Å². The summed E-state index contributed by atoms with van der Waals surface area (Å²) in [5.74, 6) is -1.04. The summed E-state index contributed by atoms with van der Waals surface area (Å²) < 4.78 is 0. The Kier molecular flexibility index (Phi) is 3.22. The second-order valence-electron chi connectivity index (χ2n) is 2.61. The summed E-state index contributed by atoms with van der Waals surface area (Å²) in [5.41, 5.74) is 5.90. The SMILES string of the molecule is NC(Cc1cc(Cl)ccn1)C(=O)O. The van der Waals surface area contributed by atoms with Crippen LogP contribution in [0.15, 0.2) is 18.3 Å². The van der Waals surface area contributed by atoms with Crippen molar-refractivity contribution in [2.45, 2.75) is 12.5 Å². The molecule has 0 saturated carbocycles. The molecule has 0 aliphatic carbocycles. The van der Waals surface area contributed by atoms with Crippen LogP contribution in [-0.2, 0) is 11.2 Å². The molecule has 0 aliphatic heterocycles. The van der Waals surface area contributed by atoms with E-state index >= 15 is 0 Å². The molecule has 0 spiro atoms. The molecule has 0 amide bonds. The molecule has 1 aromatic heterocycles. The Labute approximate surface area is 80.3 Å². The molecular formula is C8H9ClN2O2. The number of carboxylic acid groups (broad SMARTS) is 1. The van der Waals surface area contributed by atoms with Crippen LogP contribution < -0.4 is 5.73 Å². The topological polar surface area (TPSA) is 76.2 Å². The number of carbonyl (C=O) groups is 1. The van der Waals surface area contributed by atoms with Crippen molar-refractivity contribution in [2.75, 3.05) is 0 Å². The van der Waals surface area contributed by atoms with E-state index in [1.807, 2.05) is 0 Å². The number of nitrogens with two attached hydrogens (primary N) is 1. The molecule has 0 aromatic carbocycles. The molecule has 1 aromatic rings. The Balaban J connectivity index is 2.69. The van der Waals surface area contributed by atoms with Crippen LogP contribution in [0.5, 0.6) is 0 Å². The summed E-state index contributed by atoms with van der Waals surface area (Å²) >= 11 is 5.68. The van der Waals surface area contributed by atoms with E-state index in [0.717, 1.165) is 0 Å². The van der Waals surface area contributed by atoms with Gasteiger partial charge in [-0.1, -0.05) is 11.6 Å². The maximum Gasteiger partial charge on any atom is 0.320 e. The molecule has 4 nitrogen and oxygen atoms in total. The van der Waals surface area contributed by atoms with Crippen LogP contribution in [-0.4, -0.2) is 22.1 Å². The van der Waals surface area contributed by atoms with Gasteiger partial charge in [0.1, 0.15) is 6.04 Å². The molecule has 0 saturated heterocycles. The average Bonchev–Trinajstić information content (AvgIpc) is 2.04. The molecule has 1 unspecified atom stereocenters. The lowest BCUT2D eigenvalue weighted by molar-refractivity contribution is -0.138. The van der Waals surface area contributed by atoms with E-state index in [1.165, 1.54) is 6.20 Å². The van der Waals surface area contributed by atoms with Gasteiger partial charge in [-0.3, -0.25) is 9.78 Å². The van der Waals surface area contributed by atoms with Crippen LogP contribution in [0.4, 0.5) is 0 Å². The third-order valence-electron chi connectivity index (χ3n) is 1.52. The minimum atomic E-state index is -1.04. The van der Waals surface area contributed by atoms with Crippen LogP contribution in [0.2, 0.25) is 5.02 Å². The zero-order valence-electron chi connectivity index (χ0n) is 6.77. The smallest absolute Gasteiger partial charge is 0.320 e. The molecule has 0 bridgehead atoms. The number of pyridine rings is 1. The van der Waals surface area contributed by atoms with Gasteiger partial charge in [0.05, 0.1) is 0 Å². The van der Waals surface area contributed by atoms with E-state index in [4.69, 9.17) is 22.4 Å². The first-order valence-electron chi connectivity index (χ1n) is 3.68. The molecule has 5 heteroatoms. The van der Waals surface area contributed by atoms with Crippen molar-refractivity contribution in [3.05, 3.63) is 29.0 Å². The summed E-state index contributed by atoms with van der Waals surface area (Å²) in [7, 11) is 0. The summed E-state index contributed by atoms with van der Waals surface area (Å²) in [5, 5.41) is 9.06. The van der Waals surface area contributed by atoms with E-state index in [-0.39, 0.29) is 6.42 Å². The molecule has 1 atom stereocenters. The number of carboxylic acids is 1. The molecule has 13 heavy (non-hydrogen) atoms. The maximum atomic E-state index is 10.4. The Morgan fingerprint density at radius 1 is 1.77 bits per heavy atom. The quantitative estimate of drug-likeness (QED) is 0.753. The third kappa shape index (κ3) is 3.01. The standard InChI is InChI=1S/C8H9ClN2O2/c9-5-1-2-11-6(3-5)4-7(10)8(12)13/h1-3,7H,4,10H2,(H,12,13). The highest BCUT2D eigenvalue weighted by Crippen LogP contribution is 2.08. The lowest BCUT2D eigenvalue weighted by Gasteiger charge is -2.04. The highest BCUT2D eigenvalue weighted by atomic mass is 35.5. The number of aromatic nitrogens is 1. The molecule has 1 rings (SSSR count). The first-order chi connectivity index (χ1) is 6.09. The van der Waals surface area contributed by atoms with Crippen molar-refractivity contribution in [2.24, 2.45) is 5.73 Å². The number of hydrogen-bond acceptors (Lipinski definition) is 3. The molecule has 3 N–H and O–H groups in total. The molecule has 1 heterocycles. The zero-order valence-corrected chi connectivity index (χ0v) is 7.53. The summed E-state index contributed by atoms with van der Waals surface area (Å²) in [6, 6.07) is 2.30. The second-order valence-corrected chi connectivity index (χ2v) is 3.05. The Bertz CT molecular complexity index is 317. The van der Waals surface area contributed by atoms with Gasteiger partial charge >= 0.3 is 5.97 Å². The first kappa shape index (κ1) is 9.95. The van der Waals surface area contributed by atoms with Gasteiger partial charge in [-0.2, -0.15) is 0 Å². The second kappa shape index (κ2) is 4.20. The minimum Gasteiger partial charge on any atom is -0.480 e. The number of nitrogens with zero attached hydrogens (tertiary/aromatic N) is 1. The van der Waals surface area contributed by atoms with E-state index in [0.29, 0.717) is 10.7 Å². The van der Waals surface area contributed by atoms with E-state index < -0.39 is 12.0 Å². The first-order valence-corrected chi connectivity index (χ1v) is 4.06. The molecule has 70 valence electrons. The monoisotopic (exact) mass is 200 g/mol. The van der Waals surface area contributed by atoms with Crippen LogP contribution in [0.25, 0.3) is 0 Å². The van der Waals surface area contributed by atoms with Crippen LogP contribution in [0.3, 0.4) is 0 Å². The third-order valence-corrected chi connectivity index (χ3v) is 1.76. The molecule has 0 fully saturated rings. The van der Waals surface area contributed by atoms with Gasteiger partial charge in [0.25, 0.3) is 0 Å². The molecular weight excluding hydrogens is 192 g/mol. The van der Waals surface area contributed by atoms with Gasteiger partial charge in [0, 0.05) is 23.3 Å². The van der Waals surface area contributed by atoms with E-state index in [9.17, 15) is 4.79 Å². The summed E-state index contributed by atoms with van der Waals surface area (Å²) in [6.07, 6.45) is 1.71. The average molecular weight is 201 g/mol. The van der Waals surface area contributed by atoms with Crippen LogP contribution in [0, 0.1) is 0 Å². The van der Waals surface area contributed by atoms with Crippen molar-refractivity contribution in [1.29, 1.82) is 0 Å². The predicted octanol–water partition coefficient (Wildman–Crippen LogP) is 0.689. The number of hydrogen-bond donors (Lipinski definition) is 2. The Hall–Kier alpha value is -1.13. The van der Waals surface area contributed by atoms with Crippen molar-refractivity contribution < 1.29 is 9.90 Å². The van der Waals surface area contributed by atoms with Gasteiger partial charge in [0.2, 0.25) is 0 Å². The van der Waals surface area contributed by atoms with Crippen molar-refractivity contribution in [3.8, 4) is 0 Å². The van der Waals surface area contributed by atoms with Gasteiger partial charge in [-0.15, -0.1) is 0 Å². The Morgan fingerprint density at radius 3 is 3.00 bits per heavy atom. The number of aliphatic carboxylic acids is 1. The fraction of sp³-hybridized carbons (Fsp3) is 0.250. The number of rotatable bonds is 3. The van der Waals surface area contributed by atoms with Crippen LogP contribution >= 0.6 is 11.6 Å². The van der Waals surface area contributed by atoms with Crippen molar-refractivity contribution >= 4 is 17.6 Å². The van der Waals surface area contributed by atoms with Gasteiger partial charge < -0.3 is 10.8 Å². The minimum absolute atomic E-state index is 0.190. The molecule has 0 radical (unpaired) electrons. The normalized spacial score (nSPS) is 12.5. The van der Waals surface area contributed by atoms with Gasteiger partial charge in [-0.25, -0.2) is 0 Å². The predicted molar refractivity (Wildman–Crippen MR) is 48.6 cm³/mol. The largest absolute Gasteiger partial charge is 0.480 e. The van der Waals surface area contributed by atoms with Gasteiger partial charge in [0.15, 0.2) is 0 Å². The summed E-state index contributed by atoms with van der Waals surface area (Å²) in [6.45, 7) is 0. The highest BCUT2D eigenvalue weighted by Gasteiger charge is 2.12. The van der Waals surface area contributed by atoms with E-state index in [2.05, 4.69) is 4.98 Å². The summed E-state index contributed by atoms with van der Waals surface area (Å²) in [4.78, 5) is 14.3. The fourth-order valence-electron chi connectivity index (χ4n) is 0.873. The fourth-order valence-corrected chi connectivity index (χ4v) is 1.06.